The molecule has 1 aromatic heterocycles. The van der Waals surface area contributed by atoms with Crippen LogP contribution < -0.4 is 0 Å². The van der Waals surface area contributed by atoms with Crippen LogP contribution in [0.5, 0.6) is 0 Å². The van der Waals surface area contributed by atoms with Crippen LogP contribution >= 0.6 is 0 Å². The van der Waals surface area contributed by atoms with Crippen molar-refractivity contribution in [3.05, 3.63) is 36.2 Å². The molecular formula is C16H21N3O2. The molecule has 1 N–H and O–H groups in total. The number of benzene rings is 1. The molecule has 2 aromatic rings. The van der Waals surface area contributed by atoms with Crippen LogP contribution in [-0.2, 0) is 6.54 Å². The molecule has 1 fully saturated rings. The molecule has 0 aliphatic carbocycles. The van der Waals surface area contributed by atoms with Gasteiger partial charge in [0.15, 0.2) is 5.82 Å². The van der Waals surface area contributed by atoms with Gasteiger partial charge in [-0.2, -0.15) is 4.98 Å². The Hall–Kier alpha value is -1.72. The fourth-order valence-corrected chi connectivity index (χ4v) is 2.96. The topological polar surface area (TPSA) is 62.4 Å². The number of rotatable bonds is 5. The van der Waals surface area contributed by atoms with Crippen molar-refractivity contribution in [3.8, 4) is 11.5 Å². The van der Waals surface area contributed by atoms with E-state index in [0.717, 1.165) is 24.9 Å². The zero-order valence-electron chi connectivity index (χ0n) is 12.3. The van der Waals surface area contributed by atoms with Crippen LogP contribution in [0, 0.1) is 0 Å². The van der Waals surface area contributed by atoms with Gasteiger partial charge in [-0.15, -0.1) is 0 Å². The summed E-state index contributed by atoms with van der Waals surface area (Å²) in [6, 6.07) is 10.2. The van der Waals surface area contributed by atoms with Gasteiger partial charge in [0.1, 0.15) is 0 Å². The van der Waals surface area contributed by atoms with Crippen LogP contribution in [0.15, 0.2) is 34.9 Å². The van der Waals surface area contributed by atoms with Crippen molar-refractivity contribution in [1.29, 1.82) is 0 Å². The van der Waals surface area contributed by atoms with E-state index < -0.39 is 0 Å². The third kappa shape index (κ3) is 3.49. The number of aromatic nitrogens is 2. The van der Waals surface area contributed by atoms with E-state index >= 15 is 0 Å². The summed E-state index contributed by atoms with van der Waals surface area (Å²) in [5.41, 5.74) is 0.943. The monoisotopic (exact) mass is 287 g/mol. The Balaban J connectivity index is 1.67. The lowest BCUT2D eigenvalue weighted by Crippen LogP contribution is -2.31. The van der Waals surface area contributed by atoms with Gasteiger partial charge in [-0.25, -0.2) is 0 Å². The third-order valence-electron chi connectivity index (χ3n) is 3.95. The molecule has 3 rings (SSSR count). The van der Waals surface area contributed by atoms with Crippen molar-refractivity contribution in [1.82, 2.24) is 15.0 Å². The molecule has 0 bridgehead atoms. The largest absolute Gasteiger partial charge is 0.393 e. The maximum absolute atomic E-state index is 9.57. The summed E-state index contributed by atoms with van der Waals surface area (Å²) >= 11 is 0. The van der Waals surface area contributed by atoms with Crippen LogP contribution in [0.1, 0.15) is 32.0 Å². The van der Waals surface area contributed by atoms with Crippen molar-refractivity contribution in [2.75, 3.05) is 6.54 Å². The van der Waals surface area contributed by atoms with Crippen LogP contribution in [0.4, 0.5) is 0 Å². The van der Waals surface area contributed by atoms with E-state index in [1.54, 1.807) is 0 Å². The average Bonchev–Trinajstić information content (AvgIpc) is 3.10. The molecule has 2 unspecified atom stereocenters. The SMILES string of the molecule is CC(O)CC1CCCN1Cc1noc(-c2ccccc2)n1. The van der Waals surface area contributed by atoms with E-state index in [9.17, 15) is 5.11 Å². The van der Waals surface area contributed by atoms with E-state index in [0.29, 0.717) is 24.3 Å². The highest BCUT2D eigenvalue weighted by Crippen LogP contribution is 2.24. The number of hydrogen-bond acceptors (Lipinski definition) is 5. The van der Waals surface area contributed by atoms with Crippen molar-refractivity contribution < 1.29 is 9.63 Å². The Bertz CT molecular complexity index is 568. The number of likely N-dealkylation sites (tertiary alicyclic amines) is 1. The molecule has 5 heteroatoms. The van der Waals surface area contributed by atoms with Crippen LogP contribution in [-0.4, -0.2) is 38.8 Å². The van der Waals surface area contributed by atoms with E-state index in [1.807, 2.05) is 37.3 Å². The van der Waals surface area contributed by atoms with Crippen molar-refractivity contribution >= 4 is 0 Å². The maximum Gasteiger partial charge on any atom is 0.257 e. The van der Waals surface area contributed by atoms with Gasteiger partial charge in [0.2, 0.25) is 0 Å². The van der Waals surface area contributed by atoms with E-state index in [1.165, 1.54) is 6.42 Å². The lowest BCUT2D eigenvalue weighted by molar-refractivity contribution is 0.129. The summed E-state index contributed by atoms with van der Waals surface area (Å²) in [5, 5.41) is 13.7. The van der Waals surface area contributed by atoms with Gasteiger partial charge in [0.25, 0.3) is 5.89 Å². The van der Waals surface area contributed by atoms with Gasteiger partial charge in [-0.3, -0.25) is 4.90 Å². The van der Waals surface area contributed by atoms with E-state index in [2.05, 4.69) is 15.0 Å². The average molecular weight is 287 g/mol. The predicted molar refractivity (Wildman–Crippen MR) is 79.5 cm³/mol. The van der Waals surface area contributed by atoms with Crippen LogP contribution in [0.2, 0.25) is 0 Å². The van der Waals surface area contributed by atoms with Crippen molar-refractivity contribution in [3.63, 3.8) is 0 Å². The molecule has 0 radical (unpaired) electrons. The first-order valence-corrected chi connectivity index (χ1v) is 7.52. The summed E-state index contributed by atoms with van der Waals surface area (Å²) in [7, 11) is 0. The normalized spacial score (nSPS) is 20.8. The Labute approximate surface area is 124 Å². The summed E-state index contributed by atoms with van der Waals surface area (Å²) in [5.74, 6) is 1.28. The summed E-state index contributed by atoms with van der Waals surface area (Å²) < 4.78 is 5.34. The molecule has 0 saturated carbocycles. The van der Waals surface area contributed by atoms with Crippen molar-refractivity contribution in [2.45, 2.75) is 44.9 Å². The molecule has 112 valence electrons. The highest BCUT2D eigenvalue weighted by atomic mass is 16.5. The lowest BCUT2D eigenvalue weighted by atomic mass is 10.1. The quantitative estimate of drug-likeness (QED) is 0.915. The lowest BCUT2D eigenvalue weighted by Gasteiger charge is -2.23. The van der Waals surface area contributed by atoms with Crippen LogP contribution in [0.3, 0.4) is 0 Å². The standard InChI is InChI=1S/C16H21N3O2/c1-12(20)10-14-8-5-9-19(14)11-15-17-16(21-18-15)13-6-3-2-4-7-13/h2-4,6-7,12,14,20H,5,8-11H2,1H3. The number of aliphatic hydroxyl groups is 1. The third-order valence-corrected chi connectivity index (χ3v) is 3.95. The minimum atomic E-state index is -0.263. The zero-order chi connectivity index (χ0) is 14.7. The number of nitrogens with zero attached hydrogens (tertiary/aromatic N) is 3. The van der Waals surface area contributed by atoms with E-state index in [-0.39, 0.29) is 6.10 Å². The minimum Gasteiger partial charge on any atom is -0.393 e. The Morgan fingerprint density at radius 1 is 1.38 bits per heavy atom. The Morgan fingerprint density at radius 3 is 2.95 bits per heavy atom. The van der Waals surface area contributed by atoms with Gasteiger partial charge < -0.3 is 9.63 Å². The molecule has 0 amide bonds. The Kier molecular flexibility index (Phi) is 4.31. The second-order valence-electron chi connectivity index (χ2n) is 5.73. The van der Waals surface area contributed by atoms with Crippen LogP contribution in [0.25, 0.3) is 11.5 Å². The molecule has 0 spiro atoms. The number of hydrogen-bond donors (Lipinski definition) is 1. The minimum absolute atomic E-state index is 0.263. The summed E-state index contributed by atoms with van der Waals surface area (Å²) in [6.07, 6.45) is 2.85. The van der Waals surface area contributed by atoms with Gasteiger partial charge >= 0.3 is 0 Å². The second-order valence-corrected chi connectivity index (χ2v) is 5.73. The molecule has 2 atom stereocenters. The maximum atomic E-state index is 9.57. The molecule has 1 aliphatic heterocycles. The van der Waals surface area contributed by atoms with Crippen molar-refractivity contribution in [2.24, 2.45) is 0 Å². The first kappa shape index (κ1) is 14.2. The molecule has 2 heterocycles. The smallest absolute Gasteiger partial charge is 0.257 e. The molecule has 1 aliphatic rings. The van der Waals surface area contributed by atoms with Gasteiger partial charge in [0.05, 0.1) is 12.6 Å². The zero-order valence-corrected chi connectivity index (χ0v) is 12.3. The fourth-order valence-electron chi connectivity index (χ4n) is 2.96. The first-order chi connectivity index (χ1) is 10.2. The molecule has 5 nitrogen and oxygen atoms in total. The second kappa shape index (κ2) is 6.37. The summed E-state index contributed by atoms with van der Waals surface area (Å²) in [4.78, 5) is 6.82. The highest BCUT2D eigenvalue weighted by molar-refractivity contribution is 5.51. The summed E-state index contributed by atoms with van der Waals surface area (Å²) in [6.45, 7) is 3.57. The highest BCUT2D eigenvalue weighted by Gasteiger charge is 2.26. The molecule has 21 heavy (non-hydrogen) atoms. The predicted octanol–water partition coefficient (Wildman–Crippen LogP) is 2.47. The van der Waals surface area contributed by atoms with Gasteiger partial charge in [-0.1, -0.05) is 23.4 Å². The number of aliphatic hydroxyl groups excluding tert-OH is 1. The fraction of sp³-hybridized carbons (Fsp3) is 0.500. The first-order valence-electron chi connectivity index (χ1n) is 7.52. The van der Waals surface area contributed by atoms with Gasteiger partial charge in [0, 0.05) is 11.6 Å². The molecular weight excluding hydrogens is 266 g/mol. The molecule has 1 saturated heterocycles. The van der Waals surface area contributed by atoms with E-state index in [4.69, 9.17) is 4.52 Å². The Morgan fingerprint density at radius 2 is 2.19 bits per heavy atom. The molecule has 1 aromatic carbocycles. The van der Waals surface area contributed by atoms with Gasteiger partial charge in [-0.05, 0) is 44.9 Å².